The molecular weight excluding hydrogens is 366 g/mol. The van der Waals surface area contributed by atoms with Gasteiger partial charge in [-0.25, -0.2) is 9.78 Å². The van der Waals surface area contributed by atoms with Crippen LogP contribution in [0.3, 0.4) is 0 Å². The fraction of sp³-hybridized carbons (Fsp3) is 0.211. The Labute approximate surface area is 159 Å². The van der Waals surface area contributed by atoms with E-state index in [1.807, 2.05) is 59.5 Å². The lowest BCUT2D eigenvalue weighted by molar-refractivity contribution is -0.132. The van der Waals surface area contributed by atoms with E-state index in [-0.39, 0.29) is 18.5 Å². The topological polar surface area (TPSA) is 62.3 Å². The second-order valence-corrected chi connectivity index (χ2v) is 7.74. The van der Waals surface area contributed by atoms with E-state index in [0.29, 0.717) is 6.42 Å². The van der Waals surface area contributed by atoms with Gasteiger partial charge >= 0.3 is 6.03 Å². The Bertz CT molecular complexity index is 937. The van der Waals surface area contributed by atoms with E-state index in [1.54, 1.807) is 11.3 Å². The molecule has 1 N–H and O–H groups in total. The van der Waals surface area contributed by atoms with Crippen LogP contribution in [0.15, 0.2) is 52.5 Å². The van der Waals surface area contributed by atoms with Gasteiger partial charge in [0.2, 0.25) is 0 Å². The van der Waals surface area contributed by atoms with E-state index >= 15 is 0 Å². The van der Waals surface area contributed by atoms with Gasteiger partial charge in [0.25, 0.3) is 5.91 Å². The molecule has 1 atom stereocenters. The number of carbonyl (C=O) groups excluding carboxylic acids is 2. The Balaban J connectivity index is 1.60. The smallest absolute Gasteiger partial charge is 0.319 e. The number of imide groups is 1. The van der Waals surface area contributed by atoms with Crippen molar-refractivity contribution in [2.45, 2.75) is 25.4 Å². The summed E-state index contributed by atoms with van der Waals surface area (Å²) in [5.41, 5.74) is 1.60. The summed E-state index contributed by atoms with van der Waals surface area (Å²) < 4.78 is 0. The van der Waals surface area contributed by atoms with Crippen molar-refractivity contribution in [3.05, 3.63) is 63.8 Å². The minimum atomic E-state index is -0.995. The average molecular weight is 383 g/mol. The lowest BCUT2D eigenvalue weighted by Gasteiger charge is -2.25. The number of hydrogen-bond donors (Lipinski definition) is 1. The number of carbonyl (C=O) groups is 2. The molecule has 0 unspecified atom stereocenters. The monoisotopic (exact) mass is 383 g/mol. The zero-order chi connectivity index (χ0) is 18.1. The van der Waals surface area contributed by atoms with Crippen LogP contribution in [0.5, 0.6) is 0 Å². The molecule has 4 rings (SSSR count). The maximum Gasteiger partial charge on any atom is 0.325 e. The highest BCUT2D eigenvalue weighted by Gasteiger charge is 2.51. The minimum absolute atomic E-state index is 0.180. The zero-order valence-electron chi connectivity index (χ0n) is 14.1. The quantitative estimate of drug-likeness (QED) is 0.671. The Kier molecular flexibility index (Phi) is 4.34. The molecule has 1 fully saturated rings. The first-order chi connectivity index (χ1) is 12.6. The van der Waals surface area contributed by atoms with E-state index in [2.05, 4.69) is 10.3 Å². The van der Waals surface area contributed by atoms with Gasteiger partial charge in [0.1, 0.15) is 10.5 Å². The first kappa shape index (κ1) is 16.9. The van der Waals surface area contributed by atoms with Crippen LogP contribution in [-0.4, -0.2) is 21.8 Å². The normalized spacial score (nSPS) is 19.8. The highest BCUT2D eigenvalue weighted by molar-refractivity contribution is 7.14. The standard InChI is InChI=1S/C19H17N3O2S2/c1-2-19(14-6-4-3-5-7-14)17(23)22(18(24)21-19)10-15-12-26-16(20-15)13-8-9-25-11-13/h3-9,11-12H,2,10H2,1H3,(H,21,24)/t19-/m1/s1. The van der Waals surface area contributed by atoms with Gasteiger partial charge in [-0.2, -0.15) is 11.3 Å². The Morgan fingerprint density at radius 3 is 2.65 bits per heavy atom. The first-order valence-electron chi connectivity index (χ1n) is 8.30. The number of thiophene rings is 1. The molecule has 3 amide bonds. The van der Waals surface area contributed by atoms with Crippen molar-refractivity contribution in [1.29, 1.82) is 0 Å². The van der Waals surface area contributed by atoms with Crippen molar-refractivity contribution < 1.29 is 9.59 Å². The van der Waals surface area contributed by atoms with Gasteiger partial charge in [-0.15, -0.1) is 11.3 Å². The molecule has 0 aliphatic carbocycles. The van der Waals surface area contributed by atoms with Crippen LogP contribution in [0.4, 0.5) is 4.79 Å². The highest BCUT2D eigenvalue weighted by atomic mass is 32.1. The summed E-state index contributed by atoms with van der Waals surface area (Å²) in [4.78, 5) is 31.5. The van der Waals surface area contributed by atoms with Crippen LogP contribution < -0.4 is 5.32 Å². The summed E-state index contributed by atoms with van der Waals surface area (Å²) in [6.45, 7) is 2.09. The van der Waals surface area contributed by atoms with Gasteiger partial charge in [-0.3, -0.25) is 9.69 Å². The van der Waals surface area contributed by atoms with Crippen molar-refractivity contribution in [3.63, 3.8) is 0 Å². The first-order valence-corrected chi connectivity index (χ1v) is 10.1. The third-order valence-corrected chi connectivity index (χ3v) is 6.24. The Hall–Kier alpha value is -2.51. The van der Waals surface area contributed by atoms with E-state index < -0.39 is 5.54 Å². The molecule has 0 bridgehead atoms. The van der Waals surface area contributed by atoms with Gasteiger partial charge in [-0.05, 0) is 23.4 Å². The number of rotatable bonds is 5. The maximum atomic E-state index is 13.1. The SMILES string of the molecule is CC[C@]1(c2ccccc2)NC(=O)N(Cc2csc(-c3ccsc3)n2)C1=O. The van der Waals surface area contributed by atoms with Gasteiger partial charge in [0.05, 0.1) is 12.2 Å². The summed E-state index contributed by atoms with van der Waals surface area (Å²) in [6.07, 6.45) is 0.495. The number of thiazole rings is 1. The number of aromatic nitrogens is 1. The summed E-state index contributed by atoms with van der Waals surface area (Å²) in [5.74, 6) is -0.221. The predicted octanol–water partition coefficient (Wildman–Crippen LogP) is 4.23. The van der Waals surface area contributed by atoms with E-state index in [4.69, 9.17) is 0 Å². The molecule has 132 valence electrons. The average Bonchev–Trinajstić information content (AvgIpc) is 3.39. The Morgan fingerprint density at radius 1 is 1.15 bits per heavy atom. The largest absolute Gasteiger partial charge is 0.325 e. The third-order valence-electron chi connectivity index (χ3n) is 4.61. The van der Waals surface area contributed by atoms with Crippen molar-refractivity contribution in [2.75, 3.05) is 0 Å². The molecule has 1 aliphatic heterocycles. The van der Waals surface area contributed by atoms with Crippen LogP contribution in [0.2, 0.25) is 0 Å². The molecule has 1 aromatic carbocycles. The molecule has 7 heteroatoms. The molecule has 0 radical (unpaired) electrons. The fourth-order valence-corrected chi connectivity index (χ4v) is 4.72. The maximum absolute atomic E-state index is 13.1. The molecule has 3 heterocycles. The van der Waals surface area contributed by atoms with Crippen molar-refractivity contribution in [1.82, 2.24) is 15.2 Å². The molecule has 3 aromatic rings. The molecule has 1 saturated heterocycles. The summed E-state index contributed by atoms with van der Waals surface area (Å²) in [6, 6.07) is 11.0. The molecule has 1 aliphatic rings. The van der Waals surface area contributed by atoms with Crippen LogP contribution >= 0.6 is 22.7 Å². The number of nitrogens with one attached hydrogen (secondary N) is 1. The van der Waals surface area contributed by atoms with E-state index in [1.165, 1.54) is 16.2 Å². The molecule has 2 aromatic heterocycles. The molecule has 0 saturated carbocycles. The predicted molar refractivity (Wildman–Crippen MR) is 103 cm³/mol. The number of amides is 3. The molecule has 0 spiro atoms. The molecule has 26 heavy (non-hydrogen) atoms. The third kappa shape index (κ3) is 2.73. The van der Waals surface area contributed by atoms with Crippen LogP contribution in [-0.2, 0) is 16.9 Å². The highest BCUT2D eigenvalue weighted by Crippen LogP contribution is 2.33. The van der Waals surface area contributed by atoms with Crippen molar-refractivity contribution in [2.24, 2.45) is 0 Å². The van der Waals surface area contributed by atoms with Crippen LogP contribution in [0.25, 0.3) is 10.6 Å². The van der Waals surface area contributed by atoms with Crippen molar-refractivity contribution in [3.8, 4) is 10.6 Å². The van der Waals surface area contributed by atoms with Gasteiger partial charge < -0.3 is 5.32 Å². The number of benzene rings is 1. The second-order valence-electron chi connectivity index (χ2n) is 6.10. The lowest BCUT2D eigenvalue weighted by atomic mass is 9.87. The van der Waals surface area contributed by atoms with E-state index in [9.17, 15) is 9.59 Å². The van der Waals surface area contributed by atoms with Crippen LogP contribution in [0.1, 0.15) is 24.6 Å². The van der Waals surface area contributed by atoms with Crippen LogP contribution in [0, 0.1) is 0 Å². The van der Waals surface area contributed by atoms with Crippen molar-refractivity contribution >= 4 is 34.6 Å². The van der Waals surface area contributed by atoms with E-state index in [0.717, 1.165) is 21.8 Å². The Morgan fingerprint density at radius 2 is 1.96 bits per heavy atom. The summed E-state index contributed by atoms with van der Waals surface area (Å²) >= 11 is 3.14. The number of nitrogens with zero attached hydrogens (tertiary/aromatic N) is 2. The minimum Gasteiger partial charge on any atom is -0.319 e. The summed E-state index contributed by atoms with van der Waals surface area (Å²) in [5, 5.41) is 9.75. The van der Waals surface area contributed by atoms with Gasteiger partial charge in [-0.1, -0.05) is 37.3 Å². The number of hydrogen-bond acceptors (Lipinski definition) is 5. The van der Waals surface area contributed by atoms with Gasteiger partial charge in [0, 0.05) is 16.3 Å². The fourth-order valence-electron chi connectivity index (χ4n) is 3.19. The second kappa shape index (κ2) is 6.66. The zero-order valence-corrected chi connectivity index (χ0v) is 15.8. The number of urea groups is 1. The molecular formula is C19H17N3O2S2. The lowest BCUT2D eigenvalue weighted by Crippen LogP contribution is -2.43. The molecule has 5 nitrogen and oxygen atoms in total. The summed E-state index contributed by atoms with van der Waals surface area (Å²) in [7, 11) is 0. The van der Waals surface area contributed by atoms with Gasteiger partial charge in [0.15, 0.2) is 0 Å².